The number of fused-ring (bicyclic) bond motifs is 3. The molecule has 1 aromatic heterocycles. The molecule has 0 bridgehead atoms. The summed E-state index contributed by atoms with van der Waals surface area (Å²) in [6.07, 6.45) is 0.882. The topological polar surface area (TPSA) is 41.4 Å². The molecule has 28 heavy (non-hydrogen) atoms. The molecule has 0 fully saturated rings. The highest BCUT2D eigenvalue weighted by molar-refractivity contribution is 5.50. The molecule has 142 valence electrons. The SMILES string of the molecule is Cc1ccccc1CN1CCn2c1nc(=O)c1c2CCN(c2ccccc2)C1. The maximum absolute atomic E-state index is 12.9. The molecule has 3 heterocycles. The molecule has 0 atom stereocenters. The molecule has 3 aromatic rings. The summed E-state index contributed by atoms with van der Waals surface area (Å²) < 4.78 is 2.28. The smallest absolute Gasteiger partial charge is 0.279 e. The third-order valence-corrected chi connectivity index (χ3v) is 5.96. The Bertz CT molecular complexity index is 1070. The Labute approximate surface area is 164 Å². The van der Waals surface area contributed by atoms with Crippen molar-refractivity contribution in [1.29, 1.82) is 0 Å². The van der Waals surface area contributed by atoms with Crippen molar-refractivity contribution in [1.82, 2.24) is 9.55 Å². The Balaban J connectivity index is 1.46. The van der Waals surface area contributed by atoms with Crippen LogP contribution in [-0.4, -0.2) is 22.6 Å². The highest BCUT2D eigenvalue weighted by Crippen LogP contribution is 2.28. The lowest BCUT2D eigenvalue weighted by atomic mass is 10.1. The summed E-state index contributed by atoms with van der Waals surface area (Å²) >= 11 is 0. The normalized spacial score (nSPS) is 15.5. The molecule has 0 radical (unpaired) electrons. The average molecular weight is 372 g/mol. The standard InChI is InChI=1S/C23H24N4O/c1-17-7-5-6-8-18(17)15-26-13-14-27-21-11-12-25(19-9-3-2-4-10-19)16-20(21)22(28)24-23(26)27/h2-10H,11-16H2,1H3. The van der Waals surface area contributed by atoms with E-state index in [1.54, 1.807) is 0 Å². The van der Waals surface area contributed by atoms with Gasteiger partial charge in [-0.3, -0.25) is 4.79 Å². The summed E-state index contributed by atoms with van der Waals surface area (Å²) in [7, 11) is 0. The fraction of sp³-hybridized carbons (Fsp3) is 0.304. The minimum atomic E-state index is -0.0708. The minimum absolute atomic E-state index is 0.0708. The van der Waals surface area contributed by atoms with E-state index in [0.29, 0.717) is 6.54 Å². The van der Waals surface area contributed by atoms with Crippen molar-refractivity contribution in [2.45, 2.75) is 33.0 Å². The largest absolute Gasteiger partial charge is 0.367 e. The van der Waals surface area contributed by atoms with Gasteiger partial charge < -0.3 is 14.4 Å². The number of anilines is 2. The summed E-state index contributed by atoms with van der Waals surface area (Å²) in [4.78, 5) is 21.9. The monoisotopic (exact) mass is 372 g/mol. The molecule has 2 aliphatic rings. The van der Waals surface area contributed by atoms with E-state index in [1.165, 1.54) is 22.5 Å². The molecular weight excluding hydrogens is 348 g/mol. The van der Waals surface area contributed by atoms with Crippen molar-refractivity contribution in [3.63, 3.8) is 0 Å². The number of aromatic nitrogens is 2. The van der Waals surface area contributed by atoms with Crippen LogP contribution in [0.1, 0.15) is 22.4 Å². The second-order valence-corrected chi connectivity index (χ2v) is 7.65. The van der Waals surface area contributed by atoms with E-state index in [1.807, 2.05) is 18.2 Å². The van der Waals surface area contributed by atoms with E-state index in [9.17, 15) is 4.79 Å². The maximum Gasteiger partial charge on any atom is 0.279 e. The fourth-order valence-corrected chi connectivity index (χ4v) is 4.38. The van der Waals surface area contributed by atoms with Crippen LogP contribution in [-0.2, 0) is 26.1 Å². The first-order valence-electron chi connectivity index (χ1n) is 9.93. The lowest BCUT2D eigenvalue weighted by Gasteiger charge is -2.31. The van der Waals surface area contributed by atoms with Gasteiger partial charge in [0.2, 0.25) is 5.95 Å². The van der Waals surface area contributed by atoms with Crippen molar-refractivity contribution in [3.05, 3.63) is 87.3 Å². The Morgan fingerprint density at radius 1 is 0.964 bits per heavy atom. The Kier molecular flexibility index (Phi) is 4.15. The first-order chi connectivity index (χ1) is 13.7. The van der Waals surface area contributed by atoms with Crippen molar-refractivity contribution >= 4 is 11.6 Å². The van der Waals surface area contributed by atoms with Gasteiger partial charge in [-0.2, -0.15) is 4.98 Å². The van der Waals surface area contributed by atoms with Gasteiger partial charge in [0.15, 0.2) is 0 Å². The number of rotatable bonds is 3. The van der Waals surface area contributed by atoms with Crippen molar-refractivity contribution in [2.75, 3.05) is 22.9 Å². The maximum atomic E-state index is 12.9. The minimum Gasteiger partial charge on any atom is -0.367 e. The van der Waals surface area contributed by atoms with Crippen LogP contribution in [0.15, 0.2) is 59.4 Å². The van der Waals surface area contributed by atoms with Gasteiger partial charge in [0, 0.05) is 44.0 Å². The molecule has 2 aromatic carbocycles. The van der Waals surface area contributed by atoms with E-state index >= 15 is 0 Å². The fourth-order valence-electron chi connectivity index (χ4n) is 4.38. The van der Waals surface area contributed by atoms with Gasteiger partial charge in [-0.25, -0.2) is 0 Å². The lowest BCUT2D eigenvalue weighted by molar-refractivity contribution is 0.636. The van der Waals surface area contributed by atoms with Crippen LogP contribution in [0.3, 0.4) is 0 Å². The third-order valence-electron chi connectivity index (χ3n) is 5.96. The molecule has 5 nitrogen and oxygen atoms in total. The van der Waals surface area contributed by atoms with E-state index in [2.05, 4.69) is 62.7 Å². The number of hydrogen-bond acceptors (Lipinski definition) is 4. The number of nitrogens with zero attached hydrogens (tertiary/aromatic N) is 4. The van der Waals surface area contributed by atoms with E-state index in [0.717, 1.165) is 44.1 Å². The lowest BCUT2D eigenvalue weighted by Crippen LogP contribution is -2.37. The predicted molar refractivity (Wildman–Crippen MR) is 112 cm³/mol. The summed E-state index contributed by atoms with van der Waals surface area (Å²) in [5.41, 5.74) is 5.70. The van der Waals surface area contributed by atoms with Crippen LogP contribution in [0, 0.1) is 6.92 Å². The summed E-state index contributed by atoms with van der Waals surface area (Å²) in [6, 6.07) is 18.8. The van der Waals surface area contributed by atoms with Crippen LogP contribution in [0.5, 0.6) is 0 Å². The van der Waals surface area contributed by atoms with Gasteiger partial charge in [0.1, 0.15) is 0 Å². The predicted octanol–water partition coefficient (Wildman–Crippen LogP) is 3.13. The molecule has 0 spiro atoms. The summed E-state index contributed by atoms with van der Waals surface area (Å²) in [6.45, 7) is 6.31. The number of aryl methyl sites for hydroxylation is 1. The first-order valence-corrected chi connectivity index (χ1v) is 9.93. The zero-order valence-electron chi connectivity index (χ0n) is 16.1. The molecule has 0 aliphatic carbocycles. The molecule has 0 amide bonds. The first kappa shape index (κ1) is 17.0. The molecule has 5 rings (SSSR count). The van der Waals surface area contributed by atoms with Gasteiger partial charge in [0.25, 0.3) is 5.56 Å². The molecule has 0 saturated carbocycles. The van der Waals surface area contributed by atoms with E-state index in [-0.39, 0.29) is 5.56 Å². The number of benzene rings is 2. The summed E-state index contributed by atoms with van der Waals surface area (Å²) in [5.74, 6) is 0.833. The van der Waals surface area contributed by atoms with Crippen molar-refractivity contribution in [3.8, 4) is 0 Å². The van der Waals surface area contributed by atoms with Gasteiger partial charge in [-0.15, -0.1) is 0 Å². The van der Waals surface area contributed by atoms with Gasteiger partial charge in [-0.05, 0) is 30.2 Å². The van der Waals surface area contributed by atoms with Crippen LogP contribution in [0.4, 0.5) is 11.6 Å². The second-order valence-electron chi connectivity index (χ2n) is 7.65. The van der Waals surface area contributed by atoms with Gasteiger partial charge in [0.05, 0.1) is 12.1 Å². The highest BCUT2D eigenvalue weighted by atomic mass is 16.1. The van der Waals surface area contributed by atoms with E-state index in [4.69, 9.17) is 0 Å². The molecule has 0 saturated heterocycles. The van der Waals surface area contributed by atoms with Crippen LogP contribution < -0.4 is 15.4 Å². The van der Waals surface area contributed by atoms with Gasteiger partial charge in [-0.1, -0.05) is 42.5 Å². The quantitative estimate of drug-likeness (QED) is 0.708. The third kappa shape index (κ3) is 2.87. The average Bonchev–Trinajstić information content (AvgIpc) is 3.13. The molecule has 2 aliphatic heterocycles. The van der Waals surface area contributed by atoms with Crippen LogP contribution in [0.2, 0.25) is 0 Å². The number of para-hydroxylation sites is 1. The molecule has 5 heteroatoms. The Morgan fingerprint density at radius 2 is 1.75 bits per heavy atom. The van der Waals surface area contributed by atoms with Crippen LogP contribution in [0.25, 0.3) is 0 Å². The van der Waals surface area contributed by atoms with Crippen molar-refractivity contribution in [2.24, 2.45) is 0 Å². The Morgan fingerprint density at radius 3 is 2.57 bits per heavy atom. The zero-order chi connectivity index (χ0) is 19.1. The zero-order valence-corrected chi connectivity index (χ0v) is 16.1. The van der Waals surface area contributed by atoms with Crippen LogP contribution >= 0.6 is 0 Å². The van der Waals surface area contributed by atoms with E-state index < -0.39 is 0 Å². The molecule has 0 unspecified atom stereocenters. The van der Waals surface area contributed by atoms with Crippen molar-refractivity contribution < 1.29 is 0 Å². The number of hydrogen-bond donors (Lipinski definition) is 0. The highest BCUT2D eigenvalue weighted by Gasteiger charge is 2.29. The molecular formula is C23H24N4O. The molecule has 0 N–H and O–H groups in total. The Hall–Kier alpha value is -3.08. The second kappa shape index (κ2) is 6.82. The summed E-state index contributed by atoms with van der Waals surface area (Å²) in [5, 5.41) is 0. The van der Waals surface area contributed by atoms with Gasteiger partial charge >= 0.3 is 0 Å².